The Balaban J connectivity index is 2.03. The van der Waals surface area contributed by atoms with E-state index in [1.165, 1.54) is 10.9 Å². The first-order valence-corrected chi connectivity index (χ1v) is 7.72. The quantitative estimate of drug-likeness (QED) is 0.718. The van der Waals surface area contributed by atoms with E-state index in [2.05, 4.69) is 10.1 Å². The smallest absolute Gasteiger partial charge is 0.337 e. The van der Waals surface area contributed by atoms with Gasteiger partial charge in [0.05, 0.1) is 22.5 Å². The highest BCUT2D eigenvalue weighted by molar-refractivity contribution is 5.95. The van der Waals surface area contributed by atoms with E-state index in [1.807, 2.05) is 37.3 Å². The van der Waals surface area contributed by atoms with Crippen molar-refractivity contribution in [1.82, 2.24) is 9.78 Å². The van der Waals surface area contributed by atoms with Gasteiger partial charge in [-0.15, -0.1) is 0 Å². The number of aliphatic imine (C=N–C) groups is 1. The van der Waals surface area contributed by atoms with Gasteiger partial charge in [0, 0.05) is 11.9 Å². The van der Waals surface area contributed by atoms with Gasteiger partial charge in [0.1, 0.15) is 0 Å². The molecule has 1 aromatic heterocycles. The molecule has 0 saturated heterocycles. The monoisotopic (exact) mass is 335 g/mol. The molecule has 0 fully saturated rings. The number of aryl methyl sites for hydroxylation is 2. The van der Waals surface area contributed by atoms with Gasteiger partial charge >= 0.3 is 5.97 Å². The standard InChI is InChI=1S/C19H17N3O3/c1-12-8-9-17(15(10-12)19(24)25)20-11-16-13(2)21-22(18(16)23)14-6-4-3-5-7-14/h3-11,21H,1-2H3,(H,24,25). The van der Waals surface area contributed by atoms with E-state index >= 15 is 0 Å². The van der Waals surface area contributed by atoms with Crippen LogP contribution in [0.3, 0.4) is 0 Å². The van der Waals surface area contributed by atoms with Gasteiger partial charge in [-0.05, 0) is 38.1 Å². The summed E-state index contributed by atoms with van der Waals surface area (Å²) in [6.07, 6.45) is 1.41. The van der Waals surface area contributed by atoms with Crippen molar-refractivity contribution in [2.24, 2.45) is 4.99 Å². The number of hydrogen-bond donors (Lipinski definition) is 2. The highest BCUT2D eigenvalue weighted by atomic mass is 16.4. The molecule has 2 N–H and O–H groups in total. The number of carboxylic acid groups (broad SMARTS) is 1. The van der Waals surface area contributed by atoms with Gasteiger partial charge in [-0.3, -0.25) is 14.9 Å². The molecule has 6 nitrogen and oxygen atoms in total. The van der Waals surface area contributed by atoms with Gasteiger partial charge in [-0.1, -0.05) is 29.8 Å². The number of benzene rings is 2. The van der Waals surface area contributed by atoms with E-state index in [9.17, 15) is 14.7 Å². The number of aromatic amines is 1. The molecular formula is C19H17N3O3. The van der Waals surface area contributed by atoms with Crippen molar-refractivity contribution in [2.45, 2.75) is 13.8 Å². The molecule has 0 aliphatic heterocycles. The molecule has 1 heterocycles. The molecule has 0 saturated carbocycles. The van der Waals surface area contributed by atoms with Gasteiger partial charge in [0.15, 0.2) is 0 Å². The predicted octanol–water partition coefficient (Wildman–Crippen LogP) is 3.23. The van der Waals surface area contributed by atoms with Crippen LogP contribution in [-0.4, -0.2) is 27.1 Å². The van der Waals surface area contributed by atoms with Gasteiger partial charge in [-0.2, -0.15) is 0 Å². The van der Waals surface area contributed by atoms with Crippen LogP contribution in [0.2, 0.25) is 0 Å². The lowest BCUT2D eigenvalue weighted by molar-refractivity contribution is 0.0697. The van der Waals surface area contributed by atoms with Crippen molar-refractivity contribution < 1.29 is 9.90 Å². The largest absolute Gasteiger partial charge is 0.478 e. The molecule has 0 aliphatic carbocycles. The summed E-state index contributed by atoms with van der Waals surface area (Å²) in [5.41, 5.74) is 2.77. The van der Waals surface area contributed by atoms with Crippen molar-refractivity contribution in [3.63, 3.8) is 0 Å². The maximum Gasteiger partial charge on any atom is 0.337 e. The van der Waals surface area contributed by atoms with Crippen molar-refractivity contribution in [3.05, 3.63) is 81.3 Å². The van der Waals surface area contributed by atoms with Crippen LogP contribution in [0.5, 0.6) is 0 Å². The first-order chi connectivity index (χ1) is 12.0. The lowest BCUT2D eigenvalue weighted by Crippen LogP contribution is -2.17. The Morgan fingerprint density at radius 3 is 2.56 bits per heavy atom. The van der Waals surface area contributed by atoms with Crippen LogP contribution in [0.25, 0.3) is 5.69 Å². The highest BCUT2D eigenvalue weighted by Gasteiger charge is 2.12. The van der Waals surface area contributed by atoms with Crippen LogP contribution in [0.1, 0.15) is 27.2 Å². The number of carbonyl (C=O) groups is 1. The number of nitrogens with one attached hydrogen (secondary N) is 1. The Hall–Kier alpha value is -3.41. The fourth-order valence-corrected chi connectivity index (χ4v) is 2.54. The minimum absolute atomic E-state index is 0.104. The number of carboxylic acids is 1. The molecule has 0 aliphatic rings. The van der Waals surface area contributed by atoms with Crippen molar-refractivity contribution in [2.75, 3.05) is 0 Å². The first kappa shape index (κ1) is 16.4. The Bertz CT molecular complexity index is 1010. The molecule has 0 radical (unpaired) electrons. The molecule has 0 bridgehead atoms. The van der Waals surface area contributed by atoms with Gasteiger partial charge in [0.25, 0.3) is 5.56 Å². The maximum atomic E-state index is 12.6. The lowest BCUT2D eigenvalue weighted by Gasteiger charge is -2.01. The van der Waals surface area contributed by atoms with Crippen LogP contribution >= 0.6 is 0 Å². The number of para-hydroxylation sites is 1. The minimum atomic E-state index is -1.05. The Kier molecular flexibility index (Phi) is 4.35. The van der Waals surface area contributed by atoms with Gasteiger partial charge < -0.3 is 5.11 Å². The summed E-state index contributed by atoms with van der Waals surface area (Å²) < 4.78 is 1.43. The van der Waals surface area contributed by atoms with E-state index in [0.717, 1.165) is 11.3 Å². The third-order valence-corrected chi connectivity index (χ3v) is 3.85. The van der Waals surface area contributed by atoms with E-state index < -0.39 is 5.97 Å². The summed E-state index contributed by atoms with van der Waals surface area (Å²) in [6.45, 7) is 3.59. The second-order valence-electron chi connectivity index (χ2n) is 5.71. The number of rotatable bonds is 4. The van der Waals surface area contributed by atoms with Crippen LogP contribution in [0.15, 0.2) is 58.3 Å². The lowest BCUT2D eigenvalue weighted by atomic mass is 10.1. The number of hydrogen-bond acceptors (Lipinski definition) is 3. The molecule has 0 amide bonds. The molecule has 3 aromatic rings. The molecule has 6 heteroatoms. The van der Waals surface area contributed by atoms with Crippen molar-refractivity contribution >= 4 is 17.9 Å². The van der Waals surface area contributed by atoms with E-state index in [4.69, 9.17) is 0 Å². The Morgan fingerprint density at radius 1 is 1.16 bits per heavy atom. The zero-order chi connectivity index (χ0) is 18.0. The second kappa shape index (κ2) is 6.60. The normalized spacial score (nSPS) is 11.1. The fourth-order valence-electron chi connectivity index (χ4n) is 2.54. The summed E-state index contributed by atoms with van der Waals surface area (Å²) in [7, 11) is 0. The Morgan fingerprint density at radius 2 is 1.88 bits per heavy atom. The van der Waals surface area contributed by atoms with E-state index in [-0.39, 0.29) is 11.1 Å². The molecule has 0 atom stereocenters. The minimum Gasteiger partial charge on any atom is -0.478 e. The zero-order valence-electron chi connectivity index (χ0n) is 13.9. The molecule has 3 rings (SSSR count). The summed E-state index contributed by atoms with van der Waals surface area (Å²) in [6, 6.07) is 14.2. The zero-order valence-corrected chi connectivity index (χ0v) is 13.9. The predicted molar refractivity (Wildman–Crippen MR) is 96.5 cm³/mol. The molecule has 126 valence electrons. The average Bonchev–Trinajstić information content (AvgIpc) is 2.89. The van der Waals surface area contributed by atoms with Crippen LogP contribution in [0.4, 0.5) is 5.69 Å². The van der Waals surface area contributed by atoms with Crippen LogP contribution in [0, 0.1) is 13.8 Å². The maximum absolute atomic E-state index is 12.6. The first-order valence-electron chi connectivity index (χ1n) is 7.72. The molecule has 25 heavy (non-hydrogen) atoms. The summed E-state index contributed by atoms with van der Waals surface area (Å²) in [4.78, 5) is 28.2. The average molecular weight is 335 g/mol. The molecule has 0 unspecified atom stereocenters. The summed E-state index contributed by atoms with van der Waals surface area (Å²) >= 11 is 0. The third-order valence-electron chi connectivity index (χ3n) is 3.85. The highest BCUT2D eigenvalue weighted by Crippen LogP contribution is 2.20. The number of aromatic carboxylic acids is 1. The molecule has 0 spiro atoms. The third kappa shape index (κ3) is 3.28. The van der Waals surface area contributed by atoms with Crippen LogP contribution in [-0.2, 0) is 0 Å². The van der Waals surface area contributed by atoms with Crippen molar-refractivity contribution in [3.8, 4) is 5.69 Å². The number of H-pyrrole nitrogens is 1. The second-order valence-corrected chi connectivity index (χ2v) is 5.71. The number of aromatic nitrogens is 2. The SMILES string of the molecule is Cc1ccc(N=Cc2c(C)[nH]n(-c3ccccc3)c2=O)c(C(=O)O)c1. The topological polar surface area (TPSA) is 87.5 Å². The summed E-state index contributed by atoms with van der Waals surface area (Å²) in [5.74, 6) is -1.05. The van der Waals surface area contributed by atoms with E-state index in [1.54, 1.807) is 25.1 Å². The molecular weight excluding hydrogens is 318 g/mol. The van der Waals surface area contributed by atoms with Gasteiger partial charge in [0.2, 0.25) is 0 Å². The number of nitrogens with zero attached hydrogens (tertiary/aromatic N) is 2. The van der Waals surface area contributed by atoms with Crippen LogP contribution < -0.4 is 5.56 Å². The Labute approximate surface area is 144 Å². The summed E-state index contributed by atoms with van der Waals surface area (Å²) in [5, 5.41) is 12.3. The van der Waals surface area contributed by atoms with E-state index in [0.29, 0.717) is 16.9 Å². The fraction of sp³-hybridized carbons (Fsp3) is 0.105. The van der Waals surface area contributed by atoms with Gasteiger partial charge in [-0.25, -0.2) is 9.48 Å². The van der Waals surface area contributed by atoms with Crippen molar-refractivity contribution in [1.29, 1.82) is 0 Å². The molecule has 2 aromatic carbocycles.